The molecule has 2 aliphatic rings. The quantitative estimate of drug-likeness (QED) is 0.845. The SMILES string of the molecule is O=C(Nc1ccc(N2CCCC2)cc1)C1CCN(C(=O)Cc2ccccc2)CC1. The Morgan fingerprint density at radius 3 is 2.17 bits per heavy atom. The van der Waals surface area contributed by atoms with E-state index in [2.05, 4.69) is 22.3 Å². The number of hydrogen-bond donors (Lipinski definition) is 1. The van der Waals surface area contributed by atoms with E-state index in [4.69, 9.17) is 0 Å². The summed E-state index contributed by atoms with van der Waals surface area (Å²) in [5.41, 5.74) is 3.11. The standard InChI is InChI=1S/C24H29N3O2/c28-23(18-19-6-2-1-3-7-19)27-16-12-20(13-17-27)24(29)25-21-8-10-22(11-9-21)26-14-4-5-15-26/h1-3,6-11,20H,4-5,12-18H2,(H,25,29). The number of benzene rings is 2. The number of rotatable bonds is 5. The van der Waals surface area contributed by atoms with Gasteiger partial charge in [0.15, 0.2) is 0 Å². The average Bonchev–Trinajstić information content (AvgIpc) is 3.30. The van der Waals surface area contributed by atoms with Crippen LogP contribution in [0.5, 0.6) is 0 Å². The Kier molecular flexibility index (Phi) is 6.13. The zero-order valence-electron chi connectivity index (χ0n) is 16.8. The molecule has 0 aliphatic carbocycles. The normalized spacial score (nSPS) is 17.4. The number of nitrogens with zero attached hydrogens (tertiary/aromatic N) is 2. The molecule has 4 rings (SSSR count). The van der Waals surface area contributed by atoms with Gasteiger partial charge in [-0.05, 0) is 55.5 Å². The summed E-state index contributed by atoms with van der Waals surface area (Å²) in [6.07, 6.45) is 4.38. The minimum atomic E-state index is -0.0333. The first-order chi connectivity index (χ1) is 14.2. The highest BCUT2D eigenvalue weighted by atomic mass is 16.2. The van der Waals surface area contributed by atoms with Crippen LogP contribution in [0.25, 0.3) is 0 Å². The van der Waals surface area contributed by atoms with Gasteiger partial charge in [0, 0.05) is 43.5 Å². The Hall–Kier alpha value is -2.82. The van der Waals surface area contributed by atoms with Gasteiger partial charge in [0.2, 0.25) is 11.8 Å². The lowest BCUT2D eigenvalue weighted by atomic mass is 9.95. The van der Waals surface area contributed by atoms with Gasteiger partial charge >= 0.3 is 0 Å². The van der Waals surface area contributed by atoms with Crippen molar-refractivity contribution >= 4 is 23.2 Å². The van der Waals surface area contributed by atoms with Gasteiger partial charge in [-0.3, -0.25) is 9.59 Å². The molecule has 1 N–H and O–H groups in total. The minimum Gasteiger partial charge on any atom is -0.372 e. The van der Waals surface area contributed by atoms with Crippen molar-refractivity contribution < 1.29 is 9.59 Å². The third-order valence-electron chi connectivity index (χ3n) is 6.02. The van der Waals surface area contributed by atoms with E-state index < -0.39 is 0 Å². The molecule has 152 valence electrons. The highest BCUT2D eigenvalue weighted by Gasteiger charge is 2.27. The maximum Gasteiger partial charge on any atom is 0.227 e. The second kappa shape index (κ2) is 9.12. The lowest BCUT2D eigenvalue weighted by Crippen LogP contribution is -2.42. The van der Waals surface area contributed by atoms with Gasteiger partial charge in [-0.1, -0.05) is 30.3 Å². The van der Waals surface area contributed by atoms with Crippen LogP contribution in [0.1, 0.15) is 31.2 Å². The first kappa shape index (κ1) is 19.5. The predicted octanol–water partition coefficient (Wildman–Crippen LogP) is 3.71. The molecule has 0 atom stereocenters. The Labute approximate surface area is 172 Å². The fourth-order valence-corrected chi connectivity index (χ4v) is 4.25. The van der Waals surface area contributed by atoms with E-state index in [0.717, 1.165) is 37.2 Å². The summed E-state index contributed by atoms with van der Waals surface area (Å²) in [5, 5.41) is 3.05. The van der Waals surface area contributed by atoms with Gasteiger partial charge in [-0.25, -0.2) is 0 Å². The van der Waals surface area contributed by atoms with Crippen molar-refractivity contribution in [2.75, 3.05) is 36.4 Å². The fourth-order valence-electron chi connectivity index (χ4n) is 4.25. The van der Waals surface area contributed by atoms with Crippen molar-refractivity contribution in [3.8, 4) is 0 Å². The Balaban J connectivity index is 1.25. The summed E-state index contributed by atoms with van der Waals surface area (Å²) >= 11 is 0. The van der Waals surface area contributed by atoms with Gasteiger partial charge < -0.3 is 15.1 Å². The molecular formula is C24H29N3O2. The third kappa shape index (κ3) is 4.97. The van der Waals surface area contributed by atoms with E-state index in [9.17, 15) is 9.59 Å². The van der Waals surface area contributed by atoms with Crippen molar-refractivity contribution in [2.24, 2.45) is 5.92 Å². The van der Waals surface area contributed by atoms with Crippen LogP contribution in [0, 0.1) is 5.92 Å². The van der Waals surface area contributed by atoms with Gasteiger partial charge in [0.25, 0.3) is 0 Å². The lowest BCUT2D eigenvalue weighted by Gasteiger charge is -2.31. The molecule has 2 heterocycles. The smallest absolute Gasteiger partial charge is 0.227 e. The van der Waals surface area contributed by atoms with Crippen molar-refractivity contribution in [2.45, 2.75) is 32.1 Å². The number of likely N-dealkylation sites (tertiary alicyclic amines) is 1. The second-order valence-corrected chi connectivity index (χ2v) is 8.05. The van der Waals surface area contributed by atoms with Crippen molar-refractivity contribution in [1.82, 2.24) is 4.90 Å². The molecule has 5 nitrogen and oxygen atoms in total. The number of hydrogen-bond acceptors (Lipinski definition) is 3. The minimum absolute atomic E-state index is 0.0333. The van der Waals surface area contributed by atoms with E-state index in [0.29, 0.717) is 19.5 Å². The maximum atomic E-state index is 12.7. The maximum absolute atomic E-state index is 12.7. The van der Waals surface area contributed by atoms with Gasteiger partial charge in [-0.15, -0.1) is 0 Å². The Morgan fingerprint density at radius 1 is 0.862 bits per heavy atom. The molecule has 29 heavy (non-hydrogen) atoms. The molecule has 2 saturated heterocycles. The molecule has 5 heteroatoms. The summed E-state index contributed by atoms with van der Waals surface area (Å²) in [6.45, 7) is 3.54. The van der Waals surface area contributed by atoms with Crippen LogP contribution in [0.15, 0.2) is 54.6 Å². The molecule has 0 unspecified atom stereocenters. The number of amides is 2. The third-order valence-corrected chi connectivity index (χ3v) is 6.02. The van der Waals surface area contributed by atoms with Crippen LogP contribution < -0.4 is 10.2 Å². The highest BCUT2D eigenvalue weighted by molar-refractivity contribution is 5.93. The van der Waals surface area contributed by atoms with Crippen LogP contribution in [0.4, 0.5) is 11.4 Å². The molecule has 0 aromatic heterocycles. The Bertz CT molecular complexity index is 821. The predicted molar refractivity (Wildman–Crippen MR) is 116 cm³/mol. The monoisotopic (exact) mass is 391 g/mol. The van der Waals surface area contributed by atoms with Crippen LogP contribution in [0.2, 0.25) is 0 Å². The molecule has 2 aromatic carbocycles. The summed E-state index contributed by atoms with van der Waals surface area (Å²) in [7, 11) is 0. The largest absolute Gasteiger partial charge is 0.372 e. The summed E-state index contributed by atoms with van der Waals surface area (Å²) < 4.78 is 0. The van der Waals surface area contributed by atoms with Gasteiger partial charge in [0.1, 0.15) is 0 Å². The van der Waals surface area contributed by atoms with Crippen LogP contribution in [0.3, 0.4) is 0 Å². The molecule has 2 fully saturated rings. The van der Waals surface area contributed by atoms with E-state index in [1.54, 1.807) is 0 Å². The lowest BCUT2D eigenvalue weighted by molar-refractivity contribution is -0.133. The van der Waals surface area contributed by atoms with Gasteiger partial charge in [-0.2, -0.15) is 0 Å². The molecule has 0 saturated carbocycles. The fraction of sp³-hybridized carbons (Fsp3) is 0.417. The van der Waals surface area contributed by atoms with E-state index in [-0.39, 0.29) is 17.7 Å². The van der Waals surface area contributed by atoms with Crippen molar-refractivity contribution in [3.63, 3.8) is 0 Å². The topological polar surface area (TPSA) is 52.7 Å². The molecular weight excluding hydrogens is 362 g/mol. The van der Waals surface area contributed by atoms with Crippen molar-refractivity contribution in [1.29, 1.82) is 0 Å². The van der Waals surface area contributed by atoms with Crippen LogP contribution in [-0.4, -0.2) is 42.9 Å². The van der Waals surface area contributed by atoms with E-state index >= 15 is 0 Å². The molecule has 0 bridgehead atoms. The zero-order chi connectivity index (χ0) is 20.1. The second-order valence-electron chi connectivity index (χ2n) is 8.05. The first-order valence-electron chi connectivity index (χ1n) is 10.7. The first-order valence-corrected chi connectivity index (χ1v) is 10.7. The molecule has 0 radical (unpaired) electrons. The van der Waals surface area contributed by atoms with Crippen LogP contribution in [-0.2, 0) is 16.0 Å². The summed E-state index contributed by atoms with van der Waals surface area (Å²) in [5.74, 6) is 0.177. The Morgan fingerprint density at radius 2 is 1.52 bits per heavy atom. The van der Waals surface area contributed by atoms with Crippen LogP contribution >= 0.6 is 0 Å². The number of carbonyl (C=O) groups is 2. The molecule has 2 aromatic rings. The number of carbonyl (C=O) groups excluding carboxylic acids is 2. The number of anilines is 2. The summed E-state index contributed by atoms with van der Waals surface area (Å²) in [4.78, 5) is 29.4. The van der Waals surface area contributed by atoms with E-state index in [1.807, 2.05) is 47.4 Å². The van der Waals surface area contributed by atoms with Crippen molar-refractivity contribution in [3.05, 3.63) is 60.2 Å². The highest BCUT2D eigenvalue weighted by Crippen LogP contribution is 2.24. The molecule has 2 amide bonds. The zero-order valence-corrected chi connectivity index (χ0v) is 16.8. The van der Waals surface area contributed by atoms with E-state index in [1.165, 1.54) is 18.5 Å². The summed E-state index contributed by atoms with van der Waals surface area (Å²) in [6, 6.07) is 18.0. The number of piperidine rings is 1. The number of nitrogens with one attached hydrogen (secondary N) is 1. The molecule has 0 spiro atoms. The van der Waals surface area contributed by atoms with Gasteiger partial charge in [0.05, 0.1) is 6.42 Å². The average molecular weight is 392 g/mol. The molecule has 2 aliphatic heterocycles.